The molecule has 2 heterocycles. The molecule has 108 valence electrons. The van der Waals surface area contributed by atoms with E-state index < -0.39 is 0 Å². The van der Waals surface area contributed by atoms with Crippen LogP contribution in [-0.2, 0) is 13.0 Å². The van der Waals surface area contributed by atoms with E-state index >= 15 is 0 Å². The standard InChI is InChI=1S/C14H21N5O/c1-5-11-7-16-12(20-11)8-17-14-9(3)13(15-6-2)18-10(4)19-14/h7H,5-6,8H2,1-4H3,(H2,15,17,18,19). The molecule has 0 spiro atoms. The minimum Gasteiger partial charge on any atom is -0.444 e. The molecule has 0 saturated carbocycles. The molecule has 0 saturated heterocycles. The van der Waals surface area contributed by atoms with E-state index in [1.807, 2.05) is 27.7 Å². The van der Waals surface area contributed by atoms with Crippen LogP contribution in [0.3, 0.4) is 0 Å². The molecule has 0 fully saturated rings. The predicted octanol–water partition coefficient (Wildman–Crippen LogP) is 2.69. The molecule has 2 aromatic heterocycles. The highest BCUT2D eigenvalue weighted by molar-refractivity contribution is 5.57. The Kier molecular flexibility index (Phi) is 4.55. The van der Waals surface area contributed by atoms with Crippen LogP contribution < -0.4 is 10.6 Å². The second kappa shape index (κ2) is 6.36. The van der Waals surface area contributed by atoms with Crippen molar-refractivity contribution in [1.82, 2.24) is 15.0 Å². The summed E-state index contributed by atoms with van der Waals surface area (Å²) >= 11 is 0. The number of anilines is 2. The lowest BCUT2D eigenvalue weighted by atomic mass is 10.3. The Morgan fingerprint density at radius 1 is 1.10 bits per heavy atom. The van der Waals surface area contributed by atoms with Crippen molar-refractivity contribution in [2.75, 3.05) is 17.2 Å². The summed E-state index contributed by atoms with van der Waals surface area (Å²) in [5.74, 6) is 3.97. The van der Waals surface area contributed by atoms with Crippen molar-refractivity contribution in [2.24, 2.45) is 0 Å². The zero-order valence-electron chi connectivity index (χ0n) is 12.4. The first-order valence-electron chi connectivity index (χ1n) is 6.90. The fraction of sp³-hybridized carbons (Fsp3) is 0.500. The van der Waals surface area contributed by atoms with E-state index in [-0.39, 0.29) is 0 Å². The van der Waals surface area contributed by atoms with Crippen LogP contribution in [0.4, 0.5) is 11.6 Å². The van der Waals surface area contributed by atoms with Crippen molar-refractivity contribution in [3.05, 3.63) is 29.2 Å². The first-order chi connectivity index (χ1) is 9.63. The van der Waals surface area contributed by atoms with Gasteiger partial charge in [-0.15, -0.1) is 0 Å². The van der Waals surface area contributed by atoms with Crippen LogP contribution in [0.25, 0.3) is 0 Å². The Bertz CT molecular complexity index is 579. The lowest BCUT2D eigenvalue weighted by Crippen LogP contribution is -2.10. The van der Waals surface area contributed by atoms with Crippen LogP contribution in [0.1, 0.15) is 36.9 Å². The molecular formula is C14H21N5O. The van der Waals surface area contributed by atoms with Crippen molar-refractivity contribution in [3.8, 4) is 0 Å². The lowest BCUT2D eigenvalue weighted by Gasteiger charge is -2.12. The maximum Gasteiger partial charge on any atom is 0.213 e. The number of rotatable bonds is 6. The number of nitrogens with one attached hydrogen (secondary N) is 2. The Labute approximate surface area is 119 Å². The molecule has 0 radical (unpaired) electrons. The average Bonchev–Trinajstić information content (AvgIpc) is 2.89. The minimum atomic E-state index is 0.517. The molecule has 0 aliphatic heterocycles. The summed E-state index contributed by atoms with van der Waals surface area (Å²) in [4.78, 5) is 13.0. The Hall–Kier alpha value is -2.11. The molecule has 2 rings (SSSR count). The zero-order chi connectivity index (χ0) is 14.5. The van der Waals surface area contributed by atoms with Gasteiger partial charge in [0.2, 0.25) is 5.89 Å². The first-order valence-corrected chi connectivity index (χ1v) is 6.90. The van der Waals surface area contributed by atoms with E-state index in [1.54, 1.807) is 6.20 Å². The van der Waals surface area contributed by atoms with Crippen LogP contribution in [-0.4, -0.2) is 21.5 Å². The summed E-state index contributed by atoms with van der Waals surface area (Å²) in [5.41, 5.74) is 1.000. The molecule has 0 bridgehead atoms. The maximum absolute atomic E-state index is 5.57. The van der Waals surface area contributed by atoms with Crippen molar-refractivity contribution in [1.29, 1.82) is 0 Å². The second-order valence-electron chi connectivity index (χ2n) is 4.55. The van der Waals surface area contributed by atoms with Crippen molar-refractivity contribution < 1.29 is 4.42 Å². The van der Waals surface area contributed by atoms with E-state index in [9.17, 15) is 0 Å². The normalized spacial score (nSPS) is 10.6. The number of oxazole rings is 1. The third kappa shape index (κ3) is 3.26. The van der Waals surface area contributed by atoms with Gasteiger partial charge in [0.25, 0.3) is 0 Å². The highest BCUT2D eigenvalue weighted by Crippen LogP contribution is 2.20. The summed E-state index contributed by atoms with van der Waals surface area (Å²) in [5, 5.41) is 6.50. The molecule has 20 heavy (non-hydrogen) atoms. The average molecular weight is 275 g/mol. The van der Waals surface area contributed by atoms with Gasteiger partial charge in [-0.1, -0.05) is 6.92 Å². The fourth-order valence-electron chi connectivity index (χ4n) is 1.89. The molecule has 0 aliphatic rings. The van der Waals surface area contributed by atoms with Gasteiger partial charge in [0.05, 0.1) is 12.7 Å². The predicted molar refractivity (Wildman–Crippen MR) is 78.9 cm³/mol. The van der Waals surface area contributed by atoms with Crippen LogP contribution in [0.2, 0.25) is 0 Å². The third-order valence-corrected chi connectivity index (χ3v) is 2.96. The van der Waals surface area contributed by atoms with Gasteiger partial charge in [-0.3, -0.25) is 0 Å². The van der Waals surface area contributed by atoms with E-state index in [1.165, 1.54) is 0 Å². The lowest BCUT2D eigenvalue weighted by molar-refractivity contribution is 0.465. The Morgan fingerprint density at radius 2 is 1.80 bits per heavy atom. The summed E-state index contributed by atoms with van der Waals surface area (Å²) in [6.45, 7) is 9.30. The molecule has 0 amide bonds. The SMILES string of the molecule is CCNc1nc(C)nc(NCc2ncc(CC)o2)c1C. The molecule has 0 unspecified atom stereocenters. The molecular weight excluding hydrogens is 254 g/mol. The molecule has 2 N–H and O–H groups in total. The van der Waals surface area contributed by atoms with Gasteiger partial charge < -0.3 is 15.1 Å². The van der Waals surface area contributed by atoms with Crippen LogP contribution >= 0.6 is 0 Å². The van der Waals surface area contributed by atoms with Gasteiger partial charge in [0.15, 0.2) is 0 Å². The van der Waals surface area contributed by atoms with Crippen LogP contribution in [0, 0.1) is 13.8 Å². The topological polar surface area (TPSA) is 75.9 Å². The number of hydrogen-bond acceptors (Lipinski definition) is 6. The molecule has 2 aromatic rings. The third-order valence-electron chi connectivity index (χ3n) is 2.96. The number of nitrogens with zero attached hydrogens (tertiary/aromatic N) is 3. The van der Waals surface area contributed by atoms with Gasteiger partial charge in [-0.25, -0.2) is 15.0 Å². The largest absolute Gasteiger partial charge is 0.444 e. The van der Waals surface area contributed by atoms with E-state index in [4.69, 9.17) is 4.42 Å². The maximum atomic E-state index is 5.57. The van der Waals surface area contributed by atoms with Gasteiger partial charge in [0, 0.05) is 18.5 Å². The van der Waals surface area contributed by atoms with Gasteiger partial charge in [0.1, 0.15) is 23.2 Å². The van der Waals surface area contributed by atoms with Crippen molar-refractivity contribution in [3.63, 3.8) is 0 Å². The van der Waals surface area contributed by atoms with Crippen LogP contribution in [0.15, 0.2) is 10.6 Å². The van der Waals surface area contributed by atoms with Crippen LogP contribution in [0.5, 0.6) is 0 Å². The molecule has 6 heteroatoms. The van der Waals surface area contributed by atoms with Gasteiger partial charge >= 0.3 is 0 Å². The van der Waals surface area contributed by atoms with E-state index in [0.717, 1.165) is 41.7 Å². The van der Waals surface area contributed by atoms with E-state index in [0.29, 0.717) is 12.4 Å². The molecule has 6 nitrogen and oxygen atoms in total. The number of aryl methyl sites for hydroxylation is 2. The molecule has 0 aliphatic carbocycles. The number of aromatic nitrogens is 3. The fourth-order valence-corrected chi connectivity index (χ4v) is 1.89. The van der Waals surface area contributed by atoms with Crippen molar-refractivity contribution in [2.45, 2.75) is 40.7 Å². The van der Waals surface area contributed by atoms with Crippen molar-refractivity contribution >= 4 is 11.6 Å². The zero-order valence-corrected chi connectivity index (χ0v) is 12.4. The summed E-state index contributed by atoms with van der Waals surface area (Å²) in [6.07, 6.45) is 2.61. The minimum absolute atomic E-state index is 0.517. The molecule has 0 atom stereocenters. The molecule has 0 aromatic carbocycles. The quantitative estimate of drug-likeness (QED) is 0.844. The summed E-state index contributed by atoms with van der Waals surface area (Å²) in [7, 11) is 0. The smallest absolute Gasteiger partial charge is 0.213 e. The Balaban J connectivity index is 2.12. The van der Waals surface area contributed by atoms with E-state index in [2.05, 4.69) is 25.6 Å². The second-order valence-corrected chi connectivity index (χ2v) is 4.55. The highest BCUT2D eigenvalue weighted by atomic mass is 16.4. The highest BCUT2D eigenvalue weighted by Gasteiger charge is 2.09. The van der Waals surface area contributed by atoms with Gasteiger partial charge in [-0.2, -0.15) is 0 Å². The number of hydrogen-bond donors (Lipinski definition) is 2. The van der Waals surface area contributed by atoms with Gasteiger partial charge in [-0.05, 0) is 20.8 Å². The Morgan fingerprint density at radius 3 is 2.40 bits per heavy atom. The monoisotopic (exact) mass is 275 g/mol. The first kappa shape index (κ1) is 14.3. The summed E-state index contributed by atoms with van der Waals surface area (Å²) in [6, 6.07) is 0. The summed E-state index contributed by atoms with van der Waals surface area (Å²) < 4.78 is 5.57.